The van der Waals surface area contributed by atoms with Crippen LogP contribution in [0.1, 0.15) is 18.1 Å². The standard InChI is InChI=1S/C19H24N4O6S/c1-4-28-19(25)23-9-7-22(8-10-23)16(24)12-30(26,27)18-21-20-17(29-18)15-6-5-13(2)14(3)11-15/h5-6,11H,4,7-10,12H2,1-3H3. The van der Waals surface area contributed by atoms with Gasteiger partial charge in [-0.3, -0.25) is 4.79 Å². The lowest BCUT2D eigenvalue weighted by atomic mass is 10.1. The van der Waals surface area contributed by atoms with Crippen molar-refractivity contribution in [2.24, 2.45) is 0 Å². The van der Waals surface area contributed by atoms with Crippen LogP contribution in [0.3, 0.4) is 0 Å². The van der Waals surface area contributed by atoms with Crippen molar-refractivity contribution in [1.29, 1.82) is 0 Å². The molecular formula is C19H24N4O6S. The summed E-state index contributed by atoms with van der Waals surface area (Å²) in [5.41, 5.74) is 2.69. The van der Waals surface area contributed by atoms with Crippen LogP contribution < -0.4 is 0 Å². The normalized spacial score (nSPS) is 14.6. The molecule has 1 aliphatic heterocycles. The maximum Gasteiger partial charge on any atom is 0.409 e. The molecule has 30 heavy (non-hydrogen) atoms. The van der Waals surface area contributed by atoms with Crippen molar-refractivity contribution in [3.8, 4) is 11.5 Å². The van der Waals surface area contributed by atoms with Crippen molar-refractivity contribution in [1.82, 2.24) is 20.0 Å². The van der Waals surface area contributed by atoms with Gasteiger partial charge < -0.3 is 19.0 Å². The Labute approximate surface area is 174 Å². The quantitative estimate of drug-likeness (QED) is 0.690. The number of rotatable bonds is 5. The highest BCUT2D eigenvalue weighted by Gasteiger charge is 2.31. The fraction of sp³-hybridized carbons (Fsp3) is 0.474. The molecule has 1 aromatic heterocycles. The van der Waals surface area contributed by atoms with Gasteiger partial charge >= 0.3 is 11.3 Å². The Morgan fingerprint density at radius 3 is 2.37 bits per heavy atom. The molecule has 1 aromatic carbocycles. The van der Waals surface area contributed by atoms with Crippen LogP contribution in [0, 0.1) is 13.8 Å². The van der Waals surface area contributed by atoms with Crippen molar-refractivity contribution in [3.63, 3.8) is 0 Å². The van der Waals surface area contributed by atoms with Gasteiger partial charge in [-0.05, 0) is 44.0 Å². The topological polar surface area (TPSA) is 123 Å². The number of sulfone groups is 1. The lowest BCUT2D eigenvalue weighted by molar-refractivity contribution is -0.130. The zero-order valence-corrected chi connectivity index (χ0v) is 17.9. The number of nitrogens with zero attached hydrogens (tertiary/aromatic N) is 4. The van der Waals surface area contributed by atoms with Gasteiger partial charge in [-0.25, -0.2) is 13.2 Å². The van der Waals surface area contributed by atoms with Crippen LogP contribution in [-0.2, 0) is 19.4 Å². The molecule has 0 atom stereocenters. The van der Waals surface area contributed by atoms with E-state index in [2.05, 4.69) is 10.2 Å². The van der Waals surface area contributed by atoms with Crippen LogP contribution in [0.5, 0.6) is 0 Å². The van der Waals surface area contributed by atoms with Crippen molar-refractivity contribution < 1.29 is 27.2 Å². The average Bonchev–Trinajstić information content (AvgIpc) is 3.21. The van der Waals surface area contributed by atoms with Gasteiger partial charge in [0.25, 0.3) is 0 Å². The minimum Gasteiger partial charge on any atom is -0.450 e. The SMILES string of the molecule is CCOC(=O)N1CCN(C(=O)CS(=O)(=O)c2nnc(-c3ccc(C)c(C)c3)o2)CC1. The Kier molecular flexibility index (Phi) is 6.40. The molecule has 10 nitrogen and oxygen atoms in total. The summed E-state index contributed by atoms with van der Waals surface area (Å²) in [5, 5.41) is 6.85. The average molecular weight is 436 g/mol. The largest absolute Gasteiger partial charge is 0.450 e. The maximum absolute atomic E-state index is 12.6. The summed E-state index contributed by atoms with van der Waals surface area (Å²) in [7, 11) is -4.09. The lowest BCUT2D eigenvalue weighted by Gasteiger charge is -2.33. The van der Waals surface area contributed by atoms with Gasteiger partial charge in [-0.15, -0.1) is 5.10 Å². The number of piperazine rings is 1. The van der Waals surface area contributed by atoms with Gasteiger partial charge in [-0.2, -0.15) is 0 Å². The summed E-state index contributed by atoms with van der Waals surface area (Å²) in [6.07, 6.45) is -0.443. The summed E-state index contributed by atoms with van der Waals surface area (Å²) in [4.78, 5) is 27.1. The molecule has 0 bridgehead atoms. The summed E-state index contributed by atoms with van der Waals surface area (Å²) in [6.45, 7) is 6.88. The molecule has 2 aromatic rings. The fourth-order valence-electron chi connectivity index (χ4n) is 3.00. The molecule has 2 amide bonds. The number of ether oxygens (including phenoxy) is 1. The summed E-state index contributed by atoms with van der Waals surface area (Å²) < 4.78 is 35.4. The maximum atomic E-state index is 12.6. The number of benzene rings is 1. The highest BCUT2D eigenvalue weighted by Crippen LogP contribution is 2.23. The minimum atomic E-state index is -4.09. The molecule has 0 aliphatic carbocycles. The first-order valence-electron chi connectivity index (χ1n) is 9.54. The fourth-order valence-corrected chi connectivity index (χ4v) is 4.00. The number of carbonyl (C=O) groups is 2. The molecule has 1 aliphatic rings. The highest BCUT2D eigenvalue weighted by molar-refractivity contribution is 7.91. The molecule has 2 heterocycles. The monoisotopic (exact) mass is 436 g/mol. The first kappa shape index (κ1) is 21.8. The molecule has 1 fully saturated rings. The van der Waals surface area contributed by atoms with Crippen LogP contribution in [0.25, 0.3) is 11.5 Å². The number of hydrogen-bond donors (Lipinski definition) is 0. The van der Waals surface area contributed by atoms with E-state index in [1.165, 1.54) is 9.80 Å². The first-order chi connectivity index (χ1) is 14.2. The van der Waals surface area contributed by atoms with E-state index in [-0.39, 0.29) is 38.7 Å². The van der Waals surface area contributed by atoms with Crippen molar-refractivity contribution in [2.45, 2.75) is 26.0 Å². The summed E-state index contributed by atoms with van der Waals surface area (Å²) in [5.74, 6) is -1.28. The van der Waals surface area contributed by atoms with Gasteiger partial charge in [0, 0.05) is 31.7 Å². The summed E-state index contributed by atoms with van der Waals surface area (Å²) in [6, 6.07) is 5.47. The van der Waals surface area contributed by atoms with Gasteiger partial charge in [0.05, 0.1) is 6.61 Å². The Morgan fingerprint density at radius 1 is 1.07 bits per heavy atom. The Balaban J connectivity index is 1.64. The number of carbonyl (C=O) groups excluding carboxylic acids is 2. The molecule has 0 N–H and O–H groups in total. The van der Waals surface area contributed by atoms with Crippen molar-refractivity contribution in [2.75, 3.05) is 38.5 Å². The Morgan fingerprint density at radius 2 is 1.73 bits per heavy atom. The van der Waals surface area contributed by atoms with E-state index in [4.69, 9.17) is 9.15 Å². The Hall–Kier alpha value is -2.95. The van der Waals surface area contributed by atoms with Crippen LogP contribution in [0.4, 0.5) is 4.79 Å². The number of aryl methyl sites for hydroxylation is 2. The Bertz CT molecular complexity index is 1040. The number of aromatic nitrogens is 2. The van der Waals surface area contributed by atoms with Gasteiger partial charge in [0.2, 0.25) is 21.6 Å². The molecule has 3 rings (SSSR count). The van der Waals surface area contributed by atoms with Gasteiger partial charge in [0.1, 0.15) is 5.75 Å². The molecule has 0 unspecified atom stereocenters. The second kappa shape index (κ2) is 8.82. The third kappa shape index (κ3) is 4.78. The molecule has 0 radical (unpaired) electrons. The van der Waals surface area contributed by atoms with Crippen LogP contribution in [-0.4, -0.2) is 79.0 Å². The van der Waals surface area contributed by atoms with E-state index >= 15 is 0 Å². The van der Waals surface area contributed by atoms with Crippen LogP contribution >= 0.6 is 0 Å². The third-order valence-corrected chi connectivity index (χ3v) is 6.22. The van der Waals surface area contributed by atoms with Crippen molar-refractivity contribution >= 4 is 21.8 Å². The number of amides is 2. The van der Waals surface area contributed by atoms with Crippen LogP contribution in [0.15, 0.2) is 27.8 Å². The van der Waals surface area contributed by atoms with Gasteiger partial charge in [-0.1, -0.05) is 11.2 Å². The predicted molar refractivity (Wildman–Crippen MR) is 106 cm³/mol. The lowest BCUT2D eigenvalue weighted by Crippen LogP contribution is -2.51. The van der Waals surface area contributed by atoms with E-state index in [0.29, 0.717) is 5.56 Å². The molecular weight excluding hydrogens is 412 g/mol. The van der Waals surface area contributed by atoms with Gasteiger partial charge in [0.15, 0.2) is 0 Å². The second-order valence-corrected chi connectivity index (χ2v) is 8.87. The first-order valence-corrected chi connectivity index (χ1v) is 11.2. The molecule has 11 heteroatoms. The summed E-state index contributed by atoms with van der Waals surface area (Å²) >= 11 is 0. The predicted octanol–water partition coefficient (Wildman–Crippen LogP) is 1.43. The third-order valence-electron chi connectivity index (χ3n) is 4.90. The van der Waals surface area contributed by atoms with Crippen molar-refractivity contribution in [3.05, 3.63) is 29.3 Å². The van der Waals surface area contributed by atoms with Crippen LogP contribution in [0.2, 0.25) is 0 Å². The van der Waals surface area contributed by atoms with E-state index in [1.807, 2.05) is 26.0 Å². The van der Waals surface area contributed by atoms with E-state index in [1.54, 1.807) is 13.0 Å². The van der Waals surface area contributed by atoms with E-state index < -0.39 is 32.8 Å². The molecule has 1 saturated heterocycles. The molecule has 0 saturated carbocycles. The highest BCUT2D eigenvalue weighted by atomic mass is 32.2. The molecule has 162 valence electrons. The zero-order chi connectivity index (χ0) is 21.9. The zero-order valence-electron chi connectivity index (χ0n) is 17.1. The van der Waals surface area contributed by atoms with E-state index in [9.17, 15) is 18.0 Å². The molecule has 0 spiro atoms. The second-order valence-electron chi connectivity index (χ2n) is 7.00. The smallest absolute Gasteiger partial charge is 0.409 e. The number of hydrogen-bond acceptors (Lipinski definition) is 8. The minimum absolute atomic E-state index is 0.0761. The van der Waals surface area contributed by atoms with E-state index in [0.717, 1.165) is 11.1 Å².